The lowest BCUT2D eigenvalue weighted by atomic mass is 9.97. The average molecular weight is 531 g/mol. The molecule has 14 heteroatoms. The Morgan fingerprint density at radius 3 is 2.49 bits per heavy atom. The van der Waals surface area contributed by atoms with Crippen LogP contribution in [0.4, 0.5) is 28.9 Å². The van der Waals surface area contributed by atoms with Crippen LogP contribution >= 0.6 is 11.6 Å². The molecule has 1 heterocycles. The molecule has 1 aliphatic heterocycles. The maximum absolute atomic E-state index is 15.3. The van der Waals surface area contributed by atoms with E-state index in [1.807, 2.05) is 4.72 Å². The third kappa shape index (κ3) is 4.27. The lowest BCUT2D eigenvalue weighted by Gasteiger charge is -2.15. The highest BCUT2D eigenvalue weighted by Crippen LogP contribution is 2.40. The van der Waals surface area contributed by atoms with E-state index < -0.39 is 78.6 Å². The van der Waals surface area contributed by atoms with E-state index in [0.717, 1.165) is 18.2 Å². The summed E-state index contributed by atoms with van der Waals surface area (Å²) in [5, 5.41) is 8.76. The molecule has 3 aromatic carbocycles. The van der Waals surface area contributed by atoms with Gasteiger partial charge in [-0.05, 0) is 24.3 Å². The average Bonchev–Trinajstić information content (AvgIpc) is 3.24. The molecule has 1 amide bonds. The first-order chi connectivity index (χ1) is 16.5. The van der Waals surface area contributed by atoms with Crippen LogP contribution in [0.3, 0.4) is 0 Å². The number of hydrogen-bond acceptors (Lipinski definition) is 6. The van der Waals surface area contributed by atoms with Crippen molar-refractivity contribution >= 4 is 38.9 Å². The van der Waals surface area contributed by atoms with Gasteiger partial charge in [0.15, 0.2) is 11.6 Å². The fraction of sp³-hybridized carbons (Fsp3) is 0.0952. The summed E-state index contributed by atoms with van der Waals surface area (Å²) in [6.07, 6.45) is 0. The van der Waals surface area contributed by atoms with Crippen molar-refractivity contribution in [2.75, 3.05) is 10.1 Å². The van der Waals surface area contributed by atoms with Gasteiger partial charge < -0.3 is 16.3 Å². The largest absolute Gasteiger partial charge is 0.392 e. The van der Waals surface area contributed by atoms with Crippen LogP contribution in [0.2, 0.25) is 5.02 Å². The standard InChI is InChI=1S/C21H15ClF4N4O4S/c22-16-8(7-31)5-9(23)6-14(16)35(33,34)30-13-4-3-12(24)15(18(13)26)10-1-2-11-19(17(10)25)28-29-20(11)21(27)32/h1-6,20,28-31H,7H2,(H2,27,32). The first-order valence-electron chi connectivity index (χ1n) is 9.69. The maximum atomic E-state index is 15.3. The van der Waals surface area contributed by atoms with Crippen molar-refractivity contribution in [1.82, 2.24) is 5.43 Å². The number of fused-ring (bicyclic) bond motifs is 1. The Morgan fingerprint density at radius 2 is 1.83 bits per heavy atom. The molecule has 0 bridgehead atoms. The number of rotatable bonds is 6. The number of hydrogen-bond donors (Lipinski definition) is 5. The number of halogens is 5. The fourth-order valence-electron chi connectivity index (χ4n) is 3.61. The Kier molecular flexibility index (Phi) is 6.36. The number of amides is 1. The fourth-order valence-corrected chi connectivity index (χ4v) is 5.27. The molecular formula is C21H15ClF4N4O4S. The van der Waals surface area contributed by atoms with Gasteiger partial charge in [0.25, 0.3) is 10.0 Å². The van der Waals surface area contributed by atoms with E-state index in [0.29, 0.717) is 12.1 Å². The van der Waals surface area contributed by atoms with E-state index in [-0.39, 0.29) is 16.8 Å². The Morgan fingerprint density at radius 1 is 1.11 bits per heavy atom. The minimum atomic E-state index is -4.73. The van der Waals surface area contributed by atoms with Gasteiger partial charge in [-0.3, -0.25) is 9.52 Å². The number of sulfonamides is 1. The number of aliphatic hydroxyl groups excluding tert-OH is 1. The number of carbonyl (C=O) groups is 1. The number of carbonyl (C=O) groups excluding carboxylic acids is 1. The van der Waals surface area contributed by atoms with Crippen molar-refractivity contribution in [3.63, 3.8) is 0 Å². The second kappa shape index (κ2) is 9.00. The molecule has 0 saturated carbocycles. The first-order valence-corrected chi connectivity index (χ1v) is 11.6. The molecule has 8 nitrogen and oxygen atoms in total. The van der Waals surface area contributed by atoms with Crippen LogP contribution in [-0.4, -0.2) is 19.4 Å². The molecule has 184 valence electrons. The van der Waals surface area contributed by atoms with Gasteiger partial charge in [0.1, 0.15) is 22.6 Å². The van der Waals surface area contributed by atoms with Gasteiger partial charge in [-0.1, -0.05) is 23.7 Å². The molecule has 0 aliphatic carbocycles. The van der Waals surface area contributed by atoms with E-state index in [1.165, 1.54) is 6.07 Å². The Hall–Kier alpha value is -3.39. The normalized spacial score (nSPS) is 15.0. The maximum Gasteiger partial charge on any atom is 0.263 e. The van der Waals surface area contributed by atoms with Crippen molar-refractivity contribution in [3.05, 3.63) is 75.8 Å². The highest BCUT2D eigenvalue weighted by molar-refractivity contribution is 7.92. The van der Waals surface area contributed by atoms with E-state index >= 15 is 8.78 Å². The smallest absolute Gasteiger partial charge is 0.263 e. The summed E-state index contributed by atoms with van der Waals surface area (Å²) < 4.78 is 86.4. The van der Waals surface area contributed by atoms with Crippen LogP contribution in [0.25, 0.3) is 11.1 Å². The van der Waals surface area contributed by atoms with Crippen LogP contribution in [0.5, 0.6) is 0 Å². The van der Waals surface area contributed by atoms with E-state index in [9.17, 15) is 27.1 Å². The van der Waals surface area contributed by atoms with E-state index in [4.69, 9.17) is 17.3 Å². The van der Waals surface area contributed by atoms with Crippen LogP contribution in [-0.2, 0) is 21.4 Å². The van der Waals surface area contributed by atoms with Gasteiger partial charge in [0.05, 0.1) is 28.6 Å². The molecule has 0 fully saturated rings. The number of nitrogens with two attached hydrogens (primary N) is 1. The topological polar surface area (TPSA) is 134 Å². The minimum Gasteiger partial charge on any atom is -0.392 e. The number of benzene rings is 3. The predicted octanol–water partition coefficient (Wildman–Crippen LogP) is 3.31. The molecule has 1 aliphatic rings. The molecule has 0 spiro atoms. The third-order valence-electron chi connectivity index (χ3n) is 5.26. The Balaban J connectivity index is 1.80. The van der Waals surface area contributed by atoms with Crippen molar-refractivity contribution in [3.8, 4) is 11.1 Å². The van der Waals surface area contributed by atoms with Crippen molar-refractivity contribution < 1.29 is 35.9 Å². The van der Waals surface area contributed by atoms with Gasteiger partial charge >= 0.3 is 0 Å². The molecule has 1 unspecified atom stereocenters. The van der Waals surface area contributed by atoms with Crippen LogP contribution < -0.4 is 21.3 Å². The summed E-state index contributed by atoms with van der Waals surface area (Å²) in [6, 6.07) is 3.99. The monoisotopic (exact) mass is 530 g/mol. The highest BCUT2D eigenvalue weighted by atomic mass is 35.5. The number of nitrogens with one attached hydrogen (secondary N) is 3. The molecule has 1 atom stereocenters. The molecule has 0 aromatic heterocycles. The van der Waals surface area contributed by atoms with Gasteiger partial charge in [-0.15, -0.1) is 0 Å². The molecular weight excluding hydrogens is 516 g/mol. The van der Waals surface area contributed by atoms with Crippen LogP contribution in [0.15, 0.2) is 41.3 Å². The number of anilines is 2. The number of primary amides is 1. The molecule has 3 aromatic rings. The number of hydrazine groups is 1. The van der Waals surface area contributed by atoms with Gasteiger partial charge in [0.2, 0.25) is 5.91 Å². The van der Waals surface area contributed by atoms with Crippen LogP contribution in [0, 0.1) is 23.3 Å². The summed E-state index contributed by atoms with van der Waals surface area (Å²) in [4.78, 5) is 10.7. The van der Waals surface area contributed by atoms with Gasteiger partial charge in [-0.25, -0.2) is 31.4 Å². The molecule has 0 saturated heterocycles. The Bertz CT molecular complexity index is 1490. The minimum absolute atomic E-state index is 0.108. The number of aliphatic hydroxyl groups is 1. The van der Waals surface area contributed by atoms with Gasteiger partial charge in [0, 0.05) is 16.7 Å². The van der Waals surface area contributed by atoms with Crippen molar-refractivity contribution in [2.24, 2.45) is 5.73 Å². The third-order valence-corrected chi connectivity index (χ3v) is 7.20. The summed E-state index contributed by atoms with van der Waals surface area (Å²) in [5.41, 5.74) is 7.41. The second-order valence-electron chi connectivity index (χ2n) is 7.42. The quantitative estimate of drug-likeness (QED) is 0.311. The SMILES string of the molecule is NC(=O)C1NNc2c1ccc(-c1c(F)ccc(NS(=O)(=O)c3cc(F)cc(CO)c3Cl)c1F)c2F. The molecule has 6 N–H and O–H groups in total. The molecule has 0 radical (unpaired) electrons. The van der Waals surface area contributed by atoms with Crippen LogP contribution in [0.1, 0.15) is 17.2 Å². The summed E-state index contributed by atoms with van der Waals surface area (Å²) in [7, 11) is -4.73. The first kappa shape index (κ1) is 24.7. The molecule has 4 rings (SSSR count). The lowest BCUT2D eigenvalue weighted by Crippen LogP contribution is -2.31. The summed E-state index contributed by atoms with van der Waals surface area (Å²) in [5.74, 6) is -5.67. The lowest BCUT2D eigenvalue weighted by molar-refractivity contribution is -0.119. The zero-order valence-electron chi connectivity index (χ0n) is 17.3. The van der Waals surface area contributed by atoms with Gasteiger partial charge in [-0.2, -0.15) is 0 Å². The van der Waals surface area contributed by atoms with E-state index in [2.05, 4.69) is 10.9 Å². The zero-order valence-corrected chi connectivity index (χ0v) is 18.9. The molecule has 35 heavy (non-hydrogen) atoms. The summed E-state index contributed by atoms with van der Waals surface area (Å²) >= 11 is 5.94. The predicted molar refractivity (Wildman–Crippen MR) is 119 cm³/mol. The zero-order chi connectivity index (χ0) is 25.7. The Labute approximate surface area is 200 Å². The van der Waals surface area contributed by atoms with Crippen molar-refractivity contribution in [2.45, 2.75) is 17.5 Å². The second-order valence-corrected chi connectivity index (χ2v) is 9.45. The highest BCUT2D eigenvalue weighted by Gasteiger charge is 2.32. The van der Waals surface area contributed by atoms with E-state index in [1.54, 1.807) is 0 Å². The summed E-state index contributed by atoms with van der Waals surface area (Å²) in [6.45, 7) is -0.773. The van der Waals surface area contributed by atoms with Crippen molar-refractivity contribution in [1.29, 1.82) is 0 Å².